The molecular weight excluding hydrogens is 452 g/mol. The summed E-state index contributed by atoms with van der Waals surface area (Å²) >= 11 is 0. The first-order valence-corrected chi connectivity index (χ1v) is 11.7. The van der Waals surface area contributed by atoms with Crippen LogP contribution < -0.4 is 29.6 Å². The third kappa shape index (κ3) is 5.66. The van der Waals surface area contributed by atoms with Gasteiger partial charge in [-0.3, -0.25) is 0 Å². The summed E-state index contributed by atoms with van der Waals surface area (Å²) in [4.78, 5) is 0. The number of hydrogen-bond acceptors (Lipinski definition) is 6. The summed E-state index contributed by atoms with van der Waals surface area (Å²) in [5, 5.41) is 6.91. The molecule has 0 aliphatic rings. The van der Waals surface area contributed by atoms with Gasteiger partial charge < -0.3 is 29.6 Å². The van der Waals surface area contributed by atoms with Crippen molar-refractivity contribution in [2.45, 2.75) is 13.1 Å². The van der Waals surface area contributed by atoms with Gasteiger partial charge in [0.1, 0.15) is 23.0 Å². The average molecular weight is 485 g/mol. The molecule has 0 spiro atoms. The van der Waals surface area contributed by atoms with Crippen molar-refractivity contribution in [3.8, 4) is 34.1 Å². The molecule has 2 N–H and O–H groups in total. The van der Waals surface area contributed by atoms with Crippen molar-refractivity contribution < 1.29 is 18.9 Å². The molecule has 4 rings (SSSR count). The Kier molecular flexibility index (Phi) is 8.19. The van der Waals surface area contributed by atoms with Crippen LogP contribution in [0.25, 0.3) is 11.1 Å². The first-order chi connectivity index (χ1) is 17.7. The van der Waals surface area contributed by atoms with Gasteiger partial charge in [-0.2, -0.15) is 0 Å². The lowest BCUT2D eigenvalue weighted by molar-refractivity contribution is 0.400. The van der Waals surface area contributed by atoms with Gasteiger partial charge in [-0.25, -0.2) is 0 Å². The van der Waals surface area contributed by atoms with Gasteiger partial charge in [0.05, 0.1) is 39.8 Å². The van der Waals surface area contributed by atoms with Gasteiger partial charge in [-0.1, -0.05) is 60.7 Å². The number of ether oxygens (including phenoxy) is 4. The molecule has 6 nitrogen and oxygen atoms in total. The quantitative estimate of drug-likeness (QED) is 0.250. The topological polar surface area (TPSA) is 61.0 Å². The molecule has 0 bridgehead atoms. The van der Waals surface area contributed by atoms with E-state index in [0.29, 0.717) is 36.1 Å². The number of nitrogens with one attached hydrogen (secondary N) is 2. The zero-order chi connectivity index (χ0) is 25.3. The highest BCUT2D eigenvalue weighted by Gasteiger charge is 2.19. The minimum Gasteiger partial charge on any atom is -0.496 e. The van der Waals surface area contributed by atoms with Crippen LogP contribution in [0.4, 0.5) is 11.4 Å². The van der Waals surface area contributed by atoms with Gasteiger partial charge in [0.25, 0.3) is 0 Å². The van der Waals surface area contributed by atoms with Gasteiger partial charge in [0, 0.05) is 36.3 Å². The van der Waals surface area contributed by atoms with Crippen LogP contribution >= 0.6 is 0 Å². The molecule has 186 valence electrons. The third-order valence-electron chi connectivity index (χ3n) is 5.98. The van der Waals surface area contributed by atoms with Crippen molar-refractivity contribution in [1.29, 1.82) is 0 Å². The van der Waals surface area contributed by atoms with E-state index in [-0.39, 0.29) is 0 Å². The summed E-state index contributed by atoms with van der Waals surface area (Å²) in [6, 6.07) is 28.2. The summed E-state index contributed by atoms with van der Waals surface area (Å²) in [6.45, 7) is 1.33. The summed E-state index contributed by atoms with van der Waals surface area (Å²) in [5.74, 6) is 2.79. The molecule has 0 aromatic heterocycles. The van der Waals surface area contributed by atoms with Gasteiger partial charge in [0.15, 0.2) is 0 Å². The SMILES string of the molecule is COc1cc(-c2cc(OC)c(NCc3ccccc3)cc2OC)c(OC)cc1NCc1ccccc1. The van der Waals surface area contributed by atoms with Crippen molar-refractivity contribution in [3.63, 3.8) is 0 Å². The predicted octanol–water partition coefficient (Wildman–Crippen LogP) is 6.61. The van der Waals surface area contributed by atoms with Crippen molar-refractivity contribution in [2.75, 3.05) is 39.1 Å². The van der Waals surface area contributed by atoms with Crippen LogP contribution in [0, 0.1) is 0 Å². The lowest BCUT2D eigenvalue weighted by atomic mass is 10.0. The molecule has 0 saturated carbocycles. The monoisotopic (exact) mass is 484 g/mol. The van der Waals surface area contributed by atoms with E-state index in [1.54, 1.807) is 28.4 Å². The minimum absolute atomic E-state index is 0.665. The van der Waals surface area contributed by atoms with Gasteiger partial charge >= 0.3 is 0 Å². The smallest absolute Gasteiger partial charge is 0.142 e. The molecule has 0 amide bonds. The van der Waals surface area contributed by atoms with Crippen molar-refractivity contribution >= 4 is 11.4 Å². The van der Waals surface area contributed by atoms with Crippen molar-refractivity contribution in [1.82, 2.24) is 0 Å². The van der Waals surface area contributed by atoms with E-state index in [1.807, 2.05) is 60.7 Å². The van der Waals surface area contributed by atoms with Crippen LogP contribution in [0.5, 0.6) is 23.0 Å². The highest BCUT2D eigenvalue weighted by Crippen LogP contribution is 2.45. The zero-order valence-electron chi connectivity index (χ0n) is 21.1. The fourth-order valence-electron chi connectivity index (χ4n) is 4.08. The Hall–Kier alpha value is -4.32. The molecule has 0 radical (unpaired) electrons. The zero-order valence-corrected chi connectivity index (χ0v) is 21.1. The van der Waals surface area contributed by atoms with Gasteiger partial charge in [-0.15, -0.1) is 0 Å². The fourth-order valence-corrected chi connectivity index (χ4v) is 4.08. The lowest BCUT2D eigenvalue weighted by Crippen LogP contribution is -2.04. The second-order valence-corrected chi connectivity index (χ2v) is 8.18. The van der Waals surface area contributed by atoms with Crippen LogP contribution in [0.2, 0.25) is 0 Å². The molecule has 36 heavy (non-hydrogen) atoms. The Morgan fingerprint density at radius 3 is 1.17 bits per heavy atom. The van der Waals surface area contributed by atoms with Crippen LogP contribution in [-0.4, -0.2) is 28.4 Å². The Bertz CT molecular complexity index is 1180. The van der Waals surface area contributed by atoms with Gasteiger partial charge in [-0.05, 0) is 23.3 Å². The first kappa shape index (κ1) is 24.8. The largest absolute Gasteiger partial charge is 0.496 e. The summed E-state index contributed by atoms with van der Waals surface area (Å²) in [5.41, 5.74) is 5.71. The molecular formula is C30H32N2O4. The van der Waals surface area contributed by atoms with Crippen molar-refractivity contribution in [3.05, 3.63) is 96.1 Å². The van der Waals surface area contributed by atoms with E-state index in [9.17, 15) is 0 Å². The molecule has 0 aliphatic carbocycles. The number of benzene rings is 4. The third-order valence-corrected chi connectivity index (χ3v) is 5.98. The summed E-state index contributed by atoms with van der Waals surface area (Å²) < 4.78 is 23.1. The van der Waals surface area contributed by atoms with E-state index in [2.05, 4.69) is 34.9 Å². The van der Waals surface area contributed by atoms with E-state index in [1.165, 1.54) is 11.1 Å². The highest BCUT2D eigenvalue weighted by molar-refractivity contribution is 5.84. The number of methoxy groups -OCH3 is 4. The summed E-state index contributed by atoms with van der Waals surface area (Å²) in [6.07, 6.45) is 0. The molecule has 6 heteroatoms. The fraction of sp³-hybridized carbons (Fsp3) is 0.200. The second kappa shape index (κ2) is 11.9. The maximum atomic E-state index is 5.79. The molecule has 4 aromatic carbocycles. The number of anilines is 2. The minimum atomic E-state index is 0.665. The molecule has 0 heterocycles. The number of hydrogen-bond donors (Lipinski definition) is 2. The maximum Gasteiger partial charge on any atom is 0.142 e. The van der Waals surface area contributed by atoms with Crippen LogP contribution in [-0.2, 0) is 13.1 Å². The molecule has 0 fully saturated rings. The molecule has 0 atom stereocenters. The molecule has 0 saturated heterocycles. The van der Waals surface area contributed by atoms with Crippen molar-refractivity contribution in [2.24, 2.45) is 0 Å². The highest BCUT2D eigenvalue weighted by atomic mass is 16.5. The van der Waals surface area contributed by atoms with E-state index in [0.717, 1.165) is 22.5 Å². The Balaban J connectivity index is 1.68. The summed E-state index contributed by atoms with van der Waals surface area (Å²) in [7, 11) is 6.64. The van der Waals surface area contributed by atoms with E-state index >= 15 is 0 Å². The molecule has 0 unspecified atom stereocenters. The van der Waals surface area contributed by atoms with Crippen LogP contribution in [0.1, 0.15) is 11.1 Å². The Morgan fingerprint density at radius 2 is 0.833 bits per heavy atom. The Morgan fingerprint density at radius 1 is 0.472 bits per heavy atom. The van der Waals surface area contributed by atoms with E-state index in [4.69, 9.17) is 18.9 Å². The van der Waals surface area contributed by atoms with Crippen LogP contribution in [0.15, 0.2) is 84.9 Å². The normalized spacial score (nSPS) is 10.4. The lowest BCUT2D eigenvalue weighted by Gasteiger charge is -2.20. The maximum absolute atomic E-state index is 5.79. The molecule has 4 aromatic rings. The molecule has 0 aliphatic heterocycles. The second-order valence-electron chi connectivity index (χ2n) is 8.18. The average Bonchev–Trinajstić information content (AvgIpc) is 2.95. The predicted molar refractivity (Wildman–Crippen MR) is 146 cm³/mol. The van der Waals surface area contributed by atoms with E-state index < -0.39 is 0 Å². The first-order valence-electron chi connectivity index (χ1n) is 11.7. The number of rotatable bonds is 11. The standard InChI is InChI=1S/C30H32N2O4/c1-33-27-17-25(31-19-21-11-7-5-8-12-21)29(35-3)15-23(27)24-16-30(36-4)26(18-28(24)34-2)32-20-22-13-9-6-10-14-22/h5-18,31-32H,19-20H2,1-4H3. The van der Waals surface area contributed by atoms with Gasteiger partial charge in [0.2, 0.25) is 0 Å². The Labute approximate surface area is 212 Å². The van der Waals surface area contributed by atoms with Crippen LogP contribution in [0.3, 0.4) is 0 Å².